The third-order valence-electron chi connectivity index (χ3n) is 5.11. The lowest BCUT2D eigenvalue weighted by molar-refractivity contribution is -0.124. The van der Waals surface area contributed by atoms with E-state index in [1.807, 2.05) is 74.7 Å². The molecule has 0 aliphatic carbocycles. The number of carbonyl (C=O) groups excluding carboxylic acids is 2. The molecule has 0 radical (unpaired) electrons. The molecular formula is C23H26N2O3. The highest BCUT2D eigenvalue weighted by Crippen LogP contribution is 2.24. The number of esters is 1. The number of nitrogens with zero attached hydrogens (tertiary/aromatic N) is 1. The molecule has 1 aromatic heterocycles. The monoisotopic (exact) mass is 378 g/mol. The largest absolute Gasteiger partial charge is 0.452 e. The molecule has 0 bridgehead atoms. The Hall–Kier alpha value is -3.08. The van der Waals surface area contributed by atoms with Gasteiger partial charge in [-0.15, -0.1) is 0 Å². The van der Waals surface area contributed by atoms with Crippen molar-refractivity contribution in [3.05, 3.63) is 71.0 Å². The van der Waals surface area contributed by atoms with Crippen LogP contribution in [0.25, 0.3) is 10.8 Å². The van der Waals surface area contributed by atoms with E-state index in [4.69, 9.17) is 4.74 Å². The van der Waals surface area contributed by atoms with Crippen LogP contribution in [-0.4, -0.2) is 23.1 Å². The van der Waals surface area contributed by atoms with Crippen molar-refractivity contribution < 1.29 is 14.3 Å². The minimum Gasteiger partial charge on any atom is -0.452 e. The first kappa shape index (κ1) is 19.7. The lowest BCUT2D eigenvalue weighted by atomic mass is 10.00. The molecule has 1 N–H and O–H groups in total. The fourth-order valence-electron chi connectivity index (χ4n) is 3.69. The Morgan fingerprint density at radius 1 is 1.11 bits per heavy atom. The van der Waals surface area contributed by atoms with Gasteiger partial charge in [0.25, 0.3) is 5.91 Å². The predicted octanol–water partition coefficient (Wildman–Crippen LogP) is 4.31. The number of benzene rings is 2. The minimum atomic E-state index is -0.472. The van der Waals surface area contributed by atoms with Crippen LogP contribution in [0.2, 0.25) is 0 Å². The van der Waals surface area contributed by atoms with E-state index in [-0.39, 0.29) is 18.6 Å². The standard InChI is InChI=1S/C23H26N2O3/c1-5-25-15(2)13-21(17(25)4)23(27)28-14-22(26)24-16(3)19-12-8-10-18-9-6-7-11-20(18)19/h6-13,16H,5,14H2,1-4H3,(H,24,26)/t16-/m1/s1. The molecule has 1 atom stereocenters. The van der Waals surface area contributed by atoms with Crippen LogP contribution in [0.5, 0.6) is 0 Å². The van der Waals surface area contributed by atoms with Crippen LogP contribution >= 0.6 is 0 Å². The van der Waals surface area contributed by atoms with Crippen LogP contribution in [0.15, 0.2) is 48.5 Å². The Bertz CT molecular complexity index is 1010. The molecule has 0 aliphatic heterocycles. The first-order chi connectivity index (χ1) is 13.4. The predicted molar refractivity (Wildman–Crippen MR) is 110 cm³/mol. The van der Waals surface area contributed by atoms with Gasteiger partial charge in [0.1, 0.15) is 0 Å². The zero-order valence-electron chi connectivity index (χ0n) is 16.8. The Kier molecular flexibility index (Phi) is 5.83. The van der Waals surface area contributed by atoms with Gasteiger partial charge in [0.15, 0.2) is 6.61 Å². The number of ether oxygens (including phenoxy) is 1. The highest BCUT2D eigenvalue weighted by Gasteiger charge is 2.18. The summed E-state index contributed by atoms with van der Waals surface area (Å²) in [6, 6.07) is 15.7. The summed E-state index contributed by atoms with van der Waals surface area (Å²) in [4.78, 5) is 24.7. The van der Waals surface area contributed by atoms with Crippen molar-refractivity contribution in [2.75, 3.05) is 6.61 Å². The summed E-state index contributed by atoms with van der Waals surface area (Å²) >= 11 is 0. The van der Waals surface area contributed by atoms with Crippen LogP contribution < -0.4 is 5.32 Å². The van der Waals surface area contributed by atoms with Gasteiger partial charge in [0.05, 0.1) is 11.6 Å². The molecule has 5 heteroatoms. The van der Waals surface area contributed by atoms with Crippen LogP contribution in [0.4, 0.5) is 0 Å². The van der Waals surface area contributed by atoms with E-state index in [1.165, 1.54) is 0 Å². The van der Waals surface area contributed by atoms with Gasteiger partial charge in [-0.1, -0.05) is 42.5 Å². The molecule has 1 heterocycles. The first-order valence-corrected chi connectivity index (χ1v) is 9.53. The Morgan fingerprint density at radius 3 is 2.54 bits per heavy atom. The maximum absolute atomic E-state index is 12.4. The van der Waals surface area contributed by atoms with Crippen molar-refractivity contribution in [3.63, 3.8) is 0 Å². The van der Waals surface area contributed by atoms with E-state index in [0.29, 0.717) is 5.56 Å². The second kappa shape index (κ2) is 8.30. The molecule has 3 aromatic rings. The van der Waals surface area contributed by atoms with Gasteiger partial charge in [0, 0.05) is 17.9 Å². The van der Waals surface area contributed by atoms with Gasteiger partial charge in [-0.05, 0) is 50.1 Å². The molecule has 0 unspecified atom stereocenters. The molecule has 5 nitrogen and oxygen atoms in total. The van der Waals surface area contributed by atoms with Crippen molar-refractivity contribution >= 4 is 22.6 Å². The van der Waals surface area contributed by atoms with E-state index >= 15 is 0 Å². The Labute approximate surface area is 165 Å². The second-order valence-electron chi connectivity index (χ2n) is 6.96. The summed E-state index contributed by atoms with van der Waals surface area (Å²) < 4.78 is 7.28. The first-order valence-electron chi connectivity index (χ1n) is 9.53. The number of rotatable bonds is 6. The molecular weight excluding hydrogens is 352 g/mol. The molecule has 0 spiro atoms. The van der Waals surface area contributed by atoms with Crippen molar-refractivity contribution in [2.45, 2.75) is 40.3 Å². The van der Waals surface area contributed by atoms with Crippen molar-refractivity contribution in [1.29, 1.82) is 0 Å². The summed E-state index contributed by atoms with van der Waals surface area (Å²) in [6.07, 6.45) is 0. The van der Waals surface area contributed by atoms with Gasteiger partial charge in [-0.3, -0.25) is 4.79 Å². The molecule has 0 aliphatic rings. The third-order valence-corrected chi connectivity index (χ3v) is 5.11. The molecule has 0 saturated carbocycles. The van der Waals surface area contributed by atoms with E-state index in [2.05, 4.69) is 5.32 Å². The van der Waals surface area contributed by atoms with Crippen molar-refractivity contribution in [2.24, 2.45) is 0 Å². The zero-order chi connectivity index (χ0) is 20.3. The maximum atomic E-state index is 12.4. The lowest BCUT2D eigenvalue weighted by Gasteiger charge is -2.16. The molecule has 1 amide bonds. The molecule has 0 fully saturated rings. The number of aromatic nitrogens is 1. The van der Waals surface area contributed by atoms with E-state index in [0.717, 1.165) is 34.3 Å². The molecule has 3 rings (SSSR count). The number of hydrogen-bond donors (Lipinski definition) is 1. The fourth-order valence-corrected chi connectivity index (χ4v) is 3.69. The number of hydrogen-bond acceptors (Lipinski definition) is 3. The summed E-state index contributed by atoms with van der Waals surface area (Å²) in [5.41, 5.74) is 3.40. The highest BCUT2D eigenvalue weighted by atomic mass is 16.5. The lowest BCUT2D eigenvalue weighted by Crippen LogP contribution is -2.31. The van der Waals surface area contributed by atoms with E-state index in [9.17, 15) is 9.59 Å². The molecule has 2 aromatic carbocycles. The second-order valence-corrected chi connectivity index (χ2v) is 6.96. The number of carbonyl (C=O) groups is 2. The summed E-state index contributed by atoms with van der Waals surface area (Å²) in [5, 5.41) is 5.14. The molecule has 0 saturated heterocycles. The van der Waals surface area contributed by atoms with Gasteiger partial charge in [-0.25, -0.2) is 4.79 Å². The number of nitrogens with one attached hydrogen (secondary N) is 1. The van der Waals surface area contributed by atoms with Crippen LogP contribution in [0.3, 0.4) is 0 Å². The van der Waals surface area contributed by atoms with E-state index in [1.54, 1.807) is 6.07 Å². The number of fused-ring (bicyclic) bond motifs is 1. The smallest absolute Gasteiger partial charge is 0.340 e. The quantitative estimate of drug-likeness (QED) is 0.650. The van der Waals surface area contributed by atoms with Gasteiger partial charge < -0.3 is 14.6 Å². The van der Waals surface area contributed by atoms with Gasteiger partial charge in [0.2, 0.25) is 0 Å². The van der Waals surface area contributed by atoms with Crippen LogP contribution in [0, 0.1) is 13.8 Å². The molecule has 146 valence electrons. The zero-order valence-corrected chi connectivity index (χ0v) is 16.8. The van der Waals surface area contributed by atoms with Gasteiger partial charge in [-0.2, -0.15) is 0 Å². The number of aryl methyl sites for hydroxylation is 1. The van der Waals surface area contributed by atoms with Gasteiger partial charge >= 0.3 is 5.97 Å². The Morgan fingerprint density at radius 2 is 1.82 bits per heavy atom. The molecule has 28 heavy (non-hydrogen) atoms. The maximum Gasteiger partial charge on any atom is 0.340 e. The summed E-state index contributed by atoms with van der Waals surface area (Å²) in [6.45, 7) is 8.27. The SMILES string of the molecule is CCn1c(C)cc(C(=O)OCC(=O)N[C@H](C)c2cccc3ccccc23)c1C. The Balaban J connectivity index is 1.63. The summed E-state index contributed by atoms with van der Waals surface area (Å²) in [5.74, 6) is -0.793. The van der Waals surface area contributed by atoms with Crippen LogP contribution in [0.1, 0.15) is 47.2 Å². The normalized spacial score (nSPS) is 12.0. The van der Waals surface area contributed by atoms with Crippen molar-refractivity contribution in [1.82, 2.24) is 9.88 Å². The number of amides is 1. The average molecular weight is 378 g/mol. The van der Waals surface area contributed by atoms with E-state index < -0.39 is 5.97 Å². The third kappa shape index (κ3) is 3.93. The minimum absolute atomic E-state index is 0.192. The average Bonchev–Trinajstić information content (AvgIpc) is 2.99. The topological polar surface area (TPSA) is 60.3 Å². The van der Waals surface area contributed by atoms with Crippen molar-refractivity contribution in [3.8, 4) is 0 Å². The van der Waals surface area contributed by atoms with Crippen LogP contribution in [-0.2, 0) is 16.1 Å². The summed E-state index contributed by atoms with van der Waals surface area (Å²) in [7, 11) is 0. The highest BCUT2D eigenvalue weighted by molar-refractivity contribution is 5.93. The fraction of sp³-hybridized carbons (Fsp3) is 0.304.